The topological polar surface area (TPSA) is 26.5 Å². The highest BCUT2D eigenvalue weighted by Crippen LogP contribution is 2.62. The third-order valence-electron chi connectivity index (χ3n) is 6.79. The van der Waals surface area contributed by atoms with Gasteiger partial charge >= 0.3 is 0 Å². The first-order valence-corrected chi connectivity index (χ1v) is 15.3. The summed E-state index contributed by atoms with van der Waals surface area (Å²) < 4.78 is 15.9. The molecule has 5 rings (SSSR count). The molecule has 1 heterocycles. The summed E-state index contributed by atoms with van der Waals surface area (Å²) in [6, 6.07) is 29.4. The third-order valence-corrected chi connectivity index (χ3v) is 11.5. The molecule has 6 heteroatoms. The summed E-state index contributed by atoms with van der Waals surface area (Å²) in [5, 5.41) is 3.98. The maximum Gasteiger partial charge on any atom is 0.173 e. The maximum absolute atomic E-state index is 7.05. The molecular weight excluding hydrogens is 563 g/mol. The second-order valence-electron chi connectivity index (χ2n) is 10.3. The Balaban J connectivity index is 1.84. The fourth-order valence-corrected chi connectivity index (χ4v) is 8.34. The Kier molecular flexibility index (Phi) is 7.04. The Morgan fingerprint density at radius 1 is 0.892 bits per heavy atom. The minimum Gasteiger partial charge on any atom is -0.455 e. The lowest BCUT2D eigenvalue weighted by molar-refractivity contribution is 0.571. The first-order chi connectivity index (χ1) is 17.6. The molecule has 0 fully saturated rings. The molecule has 1 atom stereocenters. The fourth-order valence-electron chi connectivity index (χ4n) is 4.83. The smallest absolute Gasteiger partial charge is 0.173 e. The SMILES string of the molecule is CCn1c2ccccc2c2cc([P@@](=Nc3ccc(C)c(Cl)c3)(Oc3ccc(Br)cc3)C(C)(C)C)ccc21. The van der Waals surface area contributed by atoms with E-state index in [4.69, 9.17) is 20.9 Å². The van der Waals surface area contributed by atoms with Gasteiger partial charge in [0.05, 0.1) is 5.69 Å². The van der Waals surface area contributed by atoms with Gasteiger partial charge in [0.15, 0.2) is 7.28 Å². The van der Waals surface area contributed by atoms with Gasteiger partial charge < -0.3 is 9.09 Å². The third kappa shape index (κ3) is 4.76. The van der Waals surface area contributed by atoms with Gasteiger partial charge in [-0.25, -0.2) is 4.74 Å². The lowest BCUT2D eigenvalue weighted by atomic mass is 10.1. The van der Waals surface area contributed by atoms with Crippen molar-refractivity contribution in [3.63, 3.8) is 0 Å². The Morgan fingerprint density at radius 3 is 2.27 bits per heavy atom. The summed E-state index contributed by atoms with van der Waals surface area (Å²) in [4.78, 5) is 0. The van der Waals surface area contributed by atoms with E-state index in [0.29, 0.717) is 5.02 Å². The van der Waals surface area contributed by atoms with Crippen LogP contribution in [-0.2, 0) is 6.54 Å². The Hall–Kier alpha value is -2.52. The van der Waals surface area contributed by atoms with Gasteiger partial charge in [0, 0.05) is 48.3 Å². The lowest BCUT2D eigenvalue weighted by Crippen LogP contribution is -2.27. The van der Waals surface area contributed by atoms with Crippen molar-refractivity contribution in [3.8, 4) is 5.75 Å². The zero-order valence-electron chi connectivity index (χ0n) is 21.8. The number of hydrogen-bond acceptors (Lipinski definition) is 2. The van der Waals surface area contributed by atoms with Gasteiger partial charge in [0.2, 0.25) is 0 Å². The van der Waals surface area contributed by atoms with E-state index in [9.17, 15) is 0 Å². The van der Waals surface area contributed by atoms with Crippen LogP contribution in [0.3, 0.4) is 0 Å². The Bertz CT molecular complexity index is 1670. The number of aryl methyl sites for hydroxylation is 2. The number of para-hydroxylation sites is 1. The van der Waals surface area contributed by atoms with E-state index < -0.39 is 7.28 Å². The summed E-state index contributed by atoms with van der Waals surface area (Å²) in [5.74, 6) is 0.796. The van der Waals surface area contributed by atoms with Gasteiger partial charge in [0.25, 0.3) is 0 Å². The highest BCUT2D eigenvalue weighted by molar-refractivity contribution is 9.10. The van der Waals surface area contributed by atoms with Gasteiger partial charge in [-0.1, -0.05) is 72.6 Å². The van der Waals surface area contributed by atoms with E-state index in [1.54, 1.807) is 0 Å². The van der Waals surface area contributed by atoms with Crippen LogP contribution in [0.4, 0.5) is 5.69 Å². The van der Waals surface area contributed by atoms with Crippen LogP contribution in [0.5, 0.6) is 5.75 Å². The van der Waals surface area contributed by atoms with E-state index in [2.05, 4.69) is 90.7 Å². The van der Waals surface area contributed by atoms with E-state index in [-0.39, 0.29) is 5.16 Å². The van der Waals surface area contributed by atoms with Crippen LogP contribution in [0, 0.1) is 6.92 Å². The minimum atomic E-state index is -2.67. The van der Waals surface area contributed by atoms with Gasteiger partial charge in [-0.2, -0.15) is 0 Å². The number of nitrogens with zero attached hydrogens (tertiary/aromatic N) is 2. The molecule has 0 amide bonds. The van der Waals surface area contributed by atoms with Gasteiger partial charge in [-0.15, -0.1) is 0 Å². The largest absolute Gasteiger partial charge is 0.455 e. The predicted octanol–water partition coefficient (Wildman–Crippen LogP) is 10.5. The van der Waals surface area contributed by atoms with Crippen molar-refractivity contribution in [3.05, 3.63) is 100.0 Å². The summed E-state index contributed by atoms with van der Waals surface area (Å²) in [7, 11) is -2.67. The van der Waals surface area contributed by atoms with Gasteiger partial charge in [0.1, 0.15) is 5.75 Å². The quantitative estimate of drug-likeness (QED) is 0.186. The molecule has 0 unspecified atom stereocenters. The van der Waals surface area contributed by atoms with Crippen molar-refractivity contribution in [1.82, 2.24) is 4.57 Å². The lowest BCUT2D eigenvalue weighted by Gasteiger charge is -2.37. The second-order valence-corrected chi connectivity index (χ2v) is 15.0. The molecule has 0 aliphatic heterocycles. The molecule has 3 nitrogen and oxygen atoms in total. The number of hydrogen-bond donors (Lipinski definition) is 0. The molecule has 0 saturated heterocycles. The Labute approximate surface area is 232 Å². The zero-order chi connectivity index (χ0) is 26.4. The number of aromatic nitrogens is 1. The normalized spacial score (nSPS) is 13.6. The van der Waals surface area contributed by atoms with E-state index >= 15 is 0 Å². The average Bonchev–Trinajstić information content (AvgIpc) is 3.19. The van der Waals surface area contributed by atoms with Crippen molar-refractivity contribution in [2.45, 2.75) is 46.3 Å². The van der Waals surface area contributed by atoms with Crippen LogP contribution in [0.25, 0.3) is 21.8 Å². The predicted molar refractivity (Wildman–Crippen MR) is 164 cm³/mol. The highest BCUT2D eigenvalue weighted by Gasteiger charge is 2.39. The van der Waals surface area contributed by atoms with E-state index in [0.717, 1.165) is 33.3 Å². The van der Waals surface area contributed by atoms with E-state index in [1.807, 2.05) is 49.4 Å². The fraction of sp³-hybridized carbons (Fsp3) is 0.226. The molecule has 0 bridgehead atoms. The van der Waals surface area contributed by atoms with Crippen LogP contribution in [0.2, 0.25) is 5.02 Å². The highest BCUT2D eigenvalue weighted by atomic mass is 79.9. The molecule has 5 aromatic rings. The van der Waals surface area contributed by atoms with Crippen molar-refractivity contribution in [2.75, 3.05) is 0 Å². The monoisotopic (exact) mass is 592 g/mol. The second kappa shape index (κ2) is 9.98. The Morgan fingerprint density at radius 2 is 1.59 bits per heavy atom. The average molecular weight is 594 g/mol. The number of rotatable bonds is 5. The van der Waals surface area contributed by atoms with Crippen molar-refractivity contribution >= 4 is 67.6 Å². The summed E-state index contributed by atoms with van der Waals surface area (Å²) in [6.07, 6.45) is 0. The molecule has 37 heavy (non-hydrogen) atoms. The van der Waals surface area contributed by atoms with Crippen LogP contribution in [0.1, 0.15) is 33.3 Å². The van der Waals surface area contributed by atoms with Crippen LogP contribution >= 0.6 is 34.8 Å². The minimum absolute atomic E-state index is 0.297. The molecular formula is C31H31BrClN2OP. The molecule has 1 aromatic heterocycles. The molecule has 0 aliphatic carbocycles. The first kappa shape index (κ1) is 26.1. The molecule has 0 N–H and O–H groups in total. The maximum atomic E-state index is 7.05. The number of benzene rings is 4. The molecule has 190 valence electrons. The molecule has 0 radical (unpaired) electrons. The van der Waals surface area contributed by atoms with Crippen LogP contribution < -0.4 is 9.83 Å². The van der Waals surface area contributed by atoms with Gasteiger partial charge in [-0.05, 0) is 80.1 Å². The van der Waals surface area contributed by atoms with Crippen molar-refractivity contribution in [2.24, 2.45) is 4.74 Å². The molecule has 4 aromatic carbocycles. The summed E-state index contributed by atoms with van der Waals surface area (Å²) in [6.45, 7) is 11.8. The van der Waals surface area contributed by atoms with Crippen molar-refractivity contribution < 1.29 is 4.52 Å². The molecule has 0 aliphatic rings. The van der Waals surface area contributed by atoms with Gasteiger partial charge in [-0.3, -0.25) is 0 Å². The number of fused-ring (bicyclic) bond motifs is 3. The molecule has 0 spiro atoms. The van der Waals surface area contributed by atoms with E-state index in [1.165, 1.54) is 21.8 Å². The first-order valence-electron chi connectivity index (χ1n) is 12.5. The standard InChI is InChI=1S/C31H31BrClN2OP/c1-6-35-29-10-8-7-9-26(29)27-20-25(17-18-30(27)35)37(31(3,4)5,36-24-15-12-22(32)13-16-24)34-23-14-11-21(2)28(33)19-23/h7-20H,6H2,1-5H3/t37-/m1/s1. The zero-order valence-corrected chi connectivity index (χ0v) is 25.0. The van der Waals surface area contributed by atoms with Crippen LogP contribution in [-0.4, -0.2) is 9.72 Å². The molecule has 0 saturated carbocycles. The van der Waals surface area contributed by atoms with Crippen LogP contribution in [0.15, 0.2) is 94.1 Å². The number of halogens is 2. The summed E-state index contributed by atoms with van der Waals surface area (Å²) in [5.41, 5.74) is 4.32. The summed E-state index contributed by atoms with van der Waals surface area (Å²) >= 11 is 10.1. The van der Waals surface area contributed by atoms with Crippen molar-refractivity contribution in [1.29, 1.82) is 0 Å².